The molecule has 2 heterocycles. The molecule has 0 fully saturated rings. The summed E-state index contributed by atoms with van der Waals surface area (Å²) in [4.78, 5) is 4.19. The molecular formula is C15H12N2OS. The number of benzene rings is 1. The van der Waals surface area contributed by atoms with Gasteiger partial charge in [0.1, 0.15) is 5.69 Å². The minimum atomic E-state index is 0.707. The van der Waals surface area contributed by atoms with Crippen molar-refractivity contribution < 1.29 is 4.52 Å². The minimum Gasteiger partial charge on any atom is -0.353 e. The molecule has 0 atom stereocenters. The fourth-order valence-corrected chi connectivity index (χ4v) is 2.26. The van der Waals surface area contributed by atoms with Gasteiger partial charge in [-0.3, -0.25) is 0 Å². The van der Waals surface area contributed by atoms with E-state index in [9.17, 15) is 0 Å². The van der Waals surface area contributed by atoms with Crippen LogP contribution < -0.4 is 0 Å². The van der Waals surface area contributed by atoms with E-state index in [4.69, 9.17) is 4.52 Å². The van der Waals surface area contributed by atoms with Gasteiger partial charge in [0.05, 0.1) is 0 Å². The number of rotatable bonds is 3. The van der Waals surface area contributed by atoms with Gasteiger partial charge in [0.15, 0.2) is 10.8 Å². The predicted octanol–water partition coefficient (Wildman–Crippen LogP) is 4.28. The van der Waals surface area contributed by atoms with Gasteiger partial charge in [0.2, 0.25) is 0 Å². The normalized spacial score (nSPS) is 11.2. The summed E-state index contributed by atoms with van der Waals surface area (Å²) in [5, 5.41) is 6.78. The molecule has 1 aromatic carbocycles. The molecule has 2 aromatic heterocycles. The first-order chi connectivity index (χ1) is 9.31. The fraction of sp³-hybridized carbons (Fsp3) is 0.0667. The molecule has 4 heteroatoms. The first-order valence-electron chi connectivity index (χ1n) is 5.92. The largest absolute Gasteiger partial charge is 0.353 e. The third-order valence-corrected chi connectivity index (χ3v) is 3.48. The quantitative estimate of drug-likeness (QED) is 0.711. The van der Waals surface area contributed by atoms with Crippen LogP contribution in [0.3, 0.4) is 0 Å². The molecule has 0 aliphatic heterocycles. The Labute approximate surface area is 115 Å². The van der Waals surface area contributed by atoms with Crippen LogP contribution in [0, 0.1) is 6.92 Å². The van der Waals surface area contributed by atoms with Crippen LogP contribution in [0.2, 0.25) is 0 Å². The van der Waals surface area contributed by atoms with Crippen molar-refractivity contribution in [2.45, 2.75) is 6.92 Å². The Morgan fingerprint density at radius 2 is 2.00 bits per heavy atom. The van der Waals surface area contributed by atoms with Crippen molar-refractivity contribution in [1.29, 1.82) is 0 Å². The molecule has 0 saturated heterocycles. The molecule has 0 N–H and O–H groups in total. The number of hydrogen-bond acceptors (Lipinski definition) is 4. The summed E-state index contributed by atoms with van der Waals surface area (Å²) in [6, 6.07) is 10.2. The van der Waals surface area contributed by atoms with E-state index in [-0.39, 0.29) is 0 Å². The summed E-state index contributed by atoms with van der Waals surface area (Å²) in [6.45, 7) is 2.07. The van der Waals surface area contributed by atoms with E-state index in [0.29, 0.717) is 5.76 Å². The Hall–Kier alpha value is -2.20. The van der Waals surface area contributed by atoms with Crippen LogP contribution in [0.25, 0.3) is 22.9 Å². The summed E-state index contributed by atoms with van der Waals surface area (Å²) < 4.78 is 5.26. The number of thiazole rings is 1. The van der Waals surface area contributed by atoms with Crippen molar-refractivity contribution >= 4 is 23.5 Å². The van der Waals surface area contributed by atoms with Crippen LogP contribution in [-0.4, -0.2) is 10.1 Å². The van der Waals surface area contributed by atoms with E-state index < -0.39 is 0 Å². The van der Waals surface area contributed by atoms with Crippen LogP contribution in [0.1, 0.15) is 16.8 Å². The van der Waals surface area contributed by atoms with E-state index in [1.54, 1.807) is 6.20 Å². The maximum absolute atomic E-state index is 5.26. The Morgan fingerprint density at radius 1 is 1.16 bits per heavy atom. The SMILES string of the molecule is Cc1ccc(/C=C/c2cc(-c3nccs3)on2)cc1. The third-order valence-electron chi connectivity index (χ3n) is 2.70. The maximum atomic E-state index is 5.26. The van der Waals surface area contributed by atoms with E-state index in [2.05, 4.69) is 41.3 Å². The maximum Gasteiger partial charge on any atom is 0.196 e. The molecule has 3 rings (SSSR count). The predicted molar refractivity (Wildman–Crippen MR) is 77.7 cm³/mol. The molecule has 0 aliphatic rings. The van der Waals surface area contributed by atoms with Crippen molar-refractivity contribution in [3.05, 3.63) is 58.7 Å². The number of aryl methyl sites for hydroxylation is 1. The van der Waals surface area contributed by atoms with Gasteiger partial charge in [0, 0.05) is 17.6 Å². The second-order valence-corrected chi connectivity index (χ2v) is 5.09. The van der Waals surface area contributed by atoms with Crippen molar-refractivity contribution in [1.82, 2.24) is 10.1 Å². The zero-order chi connectivity index (χ0) is 13.1. The number of aromatic nitrogens is 2. The van der Waals surface area contributed by atoms with E-state index in [1.807, 2.05) is 23.6 Å². The molecule has 3 nitrogen and oxygen atoms in total. The lowest BCUT2D eigenvalue weighted by Gasteiger charge is -1.93. The van der Waals surface area contributed by atoms with Gasteiger partial charge >= 0.3 is 0 Å². The van der Waals surface area contributed by atoms with Gasteiger partial charge in [-0.25, -0.2) is 4.98 Å². The lowest BCUT2D eigenvalue weighted by atomic mass is 10.1. The zero-order valence-corrected chi connectivity index (χ0v) is 11.2. The summed E-state index contributed by atoms with van der Waals surface area (Å²) in [7, 11) is 0. The van der Waals surface area contributed by atoms with Gasteiger partial charge in [-0.05, 0) is 18.6 Å². The summed E-state index contributed by atoms with van der Waals surface area (Å²) >= 11 is 1.54. The van der Waals surface area contributed by atoms with E-state index in [0.717, 1.165) is 16.3 Å². The lowest BCUT2D eigenvalue weighted by molar-refractivity contribution is 0.430. The molecule has 94 valence electrons. The molecule has 0 bridgehead atoms. The van der Waals surface area contributed by atoms with Gasteiger partial charge in [0.25, 0.3) is 0 Å². The van der Waals surface area contributed by atoms with Crippen LogP contribution >= 0.6 is 11.3 Å². The van der Waals surface area contributed by atoms with E-state index in [1.165, 1.54) is 16.9 Å². The molecule has 0 aliphatic carbocycles. The first-order valence-corrected chi connectivity index (χ1v) is 6.80. The fourth-order valence-electron chi connectivity index (χ4n) is 1.67. The van der Waals surface area contributed by atoms with E-state index >= 15 is 0 Å². The highest BCUT2D eigenvalue weighted by molar-refractivity contribution is 7.13. The van der Waals surface area contributed by atoms with Crippen molar-refractivity contribution in [2.24, 2.45) is 0 Å². The molecule has 0 unspecified atom stereocenters. The van der Waals surface area contributed by atoms with Crippen LogP contribution in [0.5, 0.6) is 0 Å². The molecule has 0 radical (unpaired) electrons. The zero-order valence-electron chi connectivity index (χ0n) is 10.4. The third kappa shape index (κ3) is 2.80. The van der Waals surface area contributed by atoms with Gasteiger partial charge < -0.3 is 4.52 Å². The summed E-state index contributed by atoms with van der Waals surface area (Å²) in [5.74, 6) is 0.707. The molecule has 0 amide bonds. The second kappa shape index (κ2) is 5.20. The molecule has 19 heavy (non-hydrogen) atoms. The molecular weight excluding hydrogens is 256 g/mol. The highest BCUT2D eigenvalue weighted by Gasteiger charge is 2.06. The highest BCUT2D eigenvalue weighted by Crippen LogP contribution is 2.23. The topological polar surface area (TPSA) is 38.9 Å². The van der Waals surface area contributed by atoms with Gasteiger partial charge in [-0.2, -0.15) is 0 Å². The van der Waals surface area contributed by atoms with Crippen LogP contribution in [0.15, 0.2) is 46.4 Å². The van der Waals surface area contributed by atoms with Gasteiger partial charge in [-0.1, -0.05) is 41.1 Å². The Bertz CT molecular complexity index is 681. The Morgan fingerprint density at radius 3 is 2.74 bits per heavy atom. The van der Waals surface area contributed by atoms with Crippen LogP contribution in [-0.2, 0) is 0 Å². The van der Waals surface area contributed by atoms with Crippen molar-refractivity contribution in [3.63, 3.8) is 0 Å². The summed E-state index contributed by atoms with van der Waals surface area (Å²) in [5.41, 5.74) is 3.19. The highest BCUT2D eigenvalue weighted by atomic mass is 32.1. The van der Waals surface area contributed by atoms with Gasteiger partial charge in [-0.15, -0.1) is 11.3 Å². The molecule has 0 spiro atoms. The van der Waals surface area contributed by atoms with Crippen LogP contribution in [0.4, 0.5) is 0 Å². The smallest absolute Gasteiger partial charge is 0.196 e. The standard InChI is InChI=1S/C15H12N2OS/c1-11-2-4-12(5-3-11)6-7-13-10-14(18-17-13)15-16-8-9-19-15/h2-10H,1H3/b7-6+. The Kier molecular flexibility index (Phi) is 3.25. The first kappa shape index (κ1) is 11.9. The minimum absolute atomic E-state index is 0.707. The summed E-state index contributed by atoms with van der Waals surface area (Å²) in [6.07, 6.45) is 5.71. The lowest BCUT2D eigenvalue weighted by Crippen LogP contribution is -1.74. The molecule has 3 aromatic rings. The second-order valence-electron chi connectivity index (χ2n) is 4.20. The number of nitrogens with zero attached hydrogens (tertiary/aromatic N) is 2. The average Bonchev–Trinajstić information content (AvgIpc) is 3.09. The monoisotopic (exact) mass is 268 g/mol. The van der Waals surface area contributed by atoms with Crippen molar-refractivity contribution in [2.75, 3.05) is 0 Å². The Balaban J connectivity index is 1.78. The average molecular weight is 268 g/mol. The number of hydrogen-bond donors (Lipinski definition) is 0. The molecule has 0 saturated carbocycles. The van der Waals surface area contributed by atoms with Crippen molar-refractivity contribution in [3.8, 4) is 10.8 Å².